The van der Waals surface area contributed by atoms with Gasteiger partial charge in [0.25, 0.3) is 0 Å². The minimum atomic E-state index is -3.69. The summed E-state index contributed by atoms with van der Waals surface area (Å²) in [6, 6.07) is 5.57. The van der Waals surface area contributed by atoms with Crippen molar-refractivity contribution >= 4 is 16.0 Å². The molecule has 2 aliphatic rings. The van der Waals surface area contributed by atoms with Crippen molar-refractivity contribution in [2.24, 2.45) is 10.3 Å². The van der Waals surface area contributed by atoms with E-state index in [4.69, 9.17) is 9.47 Å². The van der Waals surface area contributed by atoms with Crippen molar-refractivity contribution in [3.05, 3.63) is 23.8 Å². The topological polar surface area (TPSA) is 80.2 Å². The Morgan fingerprint density at radius 3 is 2.81 bits per heavy atom. The third kappa shape index (κ3) is 4.29. The van der Waals surface area contributed by atoms with Gasteiger partial charge in [-0.25, -0.2) is 0 Å². The molecule has 26 heavy (non-hydrogen) atoms. The first-order valence-corrected chi connectivity index (χ1v) is 10.5. The SMILES string of the molecule is COc1cc(C2NS(=O)(=O)N=C3CCCCCN32)ccc1OCC(C)C. The van der Waals surface area contributed by atoms with E-state index in [-0.39, 0.29) is 0 Å². The van der Waals surface area contributed by atoms with Gasteiger partial charge in [0.2, 0.25) is 0 Å². The third-order valence-corrected chi connectivity index (χ3v) is 5.48. The van der Waals surface area contributed by atoms with E-state index in [1.165, 1.54) is 0 Å². The molecule has 1 unspecified atom stereocenters. The average Bonchev–Trinajstić information content (AvgIpc) is 2.83. The van der Waals surface area contributed by atoms with Crippen molar-refractivity contribution in [2.75, 3.05) is 20.3 Å². The molecule has 0 saturated carbocycles. The van der Waals surface area contributed by atoms with E-state index < -0.39 is 16.4 Å². The fourth-order valence-electron chi connectivity index (χ4n) is 3.24. The number of nitrogens with one attached hydrogen (secondary N) is 1. The monoisotopic (exact) mass is 381 g/mol. The standard InChI is InChI=1S/C18H27N3O4S/c1-13(2)12-25-15-9-8-14(11-16(15)24-3)18-20-26(22,23)19-17-7-5-4-6-10-21(17)18/h8-9,11,13,18,20H,4-7,10,12H2,1-3H3. The van der Waals surface area contributed by atoms with Gasteiger partial charge in [-0.3, -0.25) is 0 Å². The Morgan fingerprint density at radius 2 is 2.08 bits per heavy atom. The predicted molar refractivity (Wildman–Crippen MR) is 101 cm³/mol. The van der Waals surface area contributed by atoms with E-state index in [1.54, 1.807) is 7.11 Å². The van der Waals surface area contributed by atoms with E-state index in [0.29, 0.717) is 36.3 Å². The van der Waals surface area contributed by atoms with E-state index in [2.05, 4.69) is 27.9 Å². The smallest absolute Gasteiger partial charge is 0.323 e. The largest absolute Gasteiger partial charge is 0.493 e. The molecule has 3 rings (SSSR count). The molecule has 1 fully saturated rings. The van der Waals surface area contributed by atoms with Gasteiger partial charge in [-0.05, 0) is 36.5 Å². The summed E-state index contributed by atoms with van der Waals surface area (Å²) in [5.41, 5.74) is 0.816. The highest BCUT2D eigenvalue weighted by Gasteiger charge is 2.34. The van der Waals surface area contributed by atoms with Crippen LogP contribution in [0.5, 0.6) is 11.5 Å². The third-order valence-electron chi connectivity index (χ3n) is 4.50. The molecule has 2 heterocycles. The van der Waals surface area contributed by atoms with Crippen LogP contribution in [0, 0.1) is 5.92 Å². The highest BCUT2D eigenvalue weighted by molar-refractivity contribution is 7.88. The summed E-state index contributed by atoms with van der Waals surface area (Å²) in [5, 5.41) is 0. The Morgan fingerprint density at radius 1 is 1.27 bits per heavy atom. The van der Waals surface area contributed by atoms with Gasteiger partial charge in [0.1, 0.15) is 12.0 Å². The zero-order chi connectivity index (χ0) is 18.7. The summed E-state index contributed by atoms with van der Waals surface area (Å²) in [4.78, 5) is 2.05. The first-order valence-electron chi connectivity index (χ1n) is 9.08. The lowest BCUT2D eigenvalue weighted by atomic mass is 10.1. The van der Waals surface area contributed by atoms with Gasteiger partial charge < -0.3 is 14.4 Å². The van der Waals surface area contributed by atoms with Crippen LogP contribution in [0.1, 0.15) is 51.3 Å². The first kappa shape index (κ1) is 19.0. The second-order valence-electron chi connectivity index (χ2n) is 7.12. The second kappa shape index (κ2) is 7.84. The van der Waals surface area contributed by atoms with Crippen LogP contribution < -0.4 is 14.2 Å². The normalized spacial score (nSPS) is 22.4. The Hall–Kier alpha value is -1.80. The number of ether oxygens (including phenoxy) is 2. The summed E-state index contributed by atoms with van der Waals surface area (Å²) in [6.45, 7) is 5.53. The summed E-state index contributed by atoms with van der Waals surface area (Å²) in [6.07, 6.45) is 3.27. The number of fused-ring (bicyclic) bond motifs is 1. The van der Waals surface area contributed by atoms with Crippen LogP contribution in [-0.4, -0.2) is 39.4 Å². The van der Waals surface area contributed by atoms with Crippen LogP contribution in [0.25, 0.3) is 0 Å². The number of rotatable bonds is 5. The van der Waals surface area contributed by atoms with Crippen molar-refractivity contribution < 1.29 is 17.9 Å². The predicted octanol–water partition coefficient (Wildman–Crippen LogP) is 2.85. The maximum absolute atomic E-state index is 12.2. The highest BCUT2D eigenvalue weighted by Crippen LogP contribution is 2.34. The van der Waals surface area contributed by atoms with E-state index in [9.17, 15) is 8.42 Å². The number of amidine groups is 1. The maximum atomic E-state index is 12.2. The van der Waals surface area contributed by atoms with Gasteiger partial charge in [-0.15, -0.1) is 4.40 Å². The molecule has 0 aromatic heterocycles. The van der Waals surface area contributed by atoms with Gasteiger partial charge in [0, 0.05) is 13.0 Å². The van der Waals surface area contributed by atoms with Gasteiger partial charge >= 0.3 is 10.2 Å². The zero-order valence-corrected chi connectivity index (χ0v) is 16.4. The Labute approximate surface area is 155 Å². The van der Waals surface area contributed by atoms with Gasteiger partial charge in [-0.1, -0.05) is 26.3 Å². The molecule has 1 N–H and O–H groups in total. The Balaban J connectivity index is 1.92. The van der Waals surface area contributed by atoms with E-state index in [0.717, 1.165) is 31.4 Å². The molecule has 0 spiro atoms. The lowest BCUT2D eigenvalue weighted by Gasteiger charge is -2.36. The fraction of sp³-hybridized carbons (Fsp3) is 0.611. The Kier molecular flexibility index (Phi) is 5.72. The van der Waals surface area contributed by atoms with Crippen molar-refractivity contribution in [2.45, 2.75) is 45.7 Å². The molecule has 1 atom stereocenters. The average molecular weight is 381 g/mol. The number of methoxy groups -OCH3 is 1. The van der Waals surface area contributed by atoms with Crippen molar-refractivity contribution in [1.29, 1.82) is 0 Å². The molecule has 2 aliphatic heterocycles. The van der Waals surface area contributed by atoms with Crippen molar-refractivity contribution in [3.8, 4) is 11.5 Å². The maximum Gasteiger partial charge on any atom is 0.323 e. The minimum Gasteiger partial charge on any atom is -0.493 e. The number of hydrogen-bond donors (Lipinski definition) is 1. The van der Waals surface area contributed by atoms with Crippen LogP contribution in [0.15, 0.2) is 22.6 Å². The number of benzene rings is 1. The van der Waals surface area contributed by atoms with Gasteiger partial charge in [-0.2, -0.15) is 13.1 Å². The van der Waals surface area contributed by atoms with E-state index >= 15 is 0 Å². The zero-order valence-electron chi connectivity index (χ0n) is 15.6. The lowest BCUT2D eigenvalue weighted by Crippen LogP contribution is -2.48. The first-order chi connectivity index (χ1) is 12.4. The van der Waals surface area contributed by atoms with Crippen LogP contribution in [0.2, 0.25) is 0 Å². The highest BCUT2D eigenvalue weighted by atomic mass is 32.2. The molecule has 0 aliphatic carbocycles. The number of nitrogens with zero attached hydrogens (tertiary/aromatic N) is 2. The molecule has 144 valence electrons. The molecule has 8 heteroatoms. The summed E-state index contributed by atoms with van der Waals surface area (Å²) >= 11 is 0. The summed E-state index contributed by atoms with van der Waals surface area (Å²) in [7, 11) is -2.11. The minimum absolute atomic E-state index is 0.403. The van der Waals surface area contributed by atoms with Crippen molar-refractivity contribution in [1.82, 2.24) is 9.62 Å². The fourth-order valence-corrected chi connectivity index (χ4v) is 4.31. The Bertz CT molecular complexity index is 777. The van der Waals surface area contributed by atoms with Crippen LogP contribution in [0.4, 0.5) is 0 Å². The molecular formula is C18H27N3O4S. The molecule has 1 saturated heterocycles. The lowest BCUT2D eigenvalue weighted by molar-refractivity contribution is 0.255. The molecule has 0 bridgehead atoms. The molecule has 0 radical (unpaired) electrons. The van der Waals surface area contributed by atoms with Crippen LogP contribution >= 0.6 is 0 Å². The van der Waals surface area contributed by atoms with Crippen LogP contribution in [-0.2, 0) is 10.2 Å². The second-order valence-corrected chi connectivity index (χ2v) is 8.49. The van der Waals surface area contributed by atoms with Gasteiger partial charge in [0.05, 0.1) is 13.7 Å². The van der Waals surface area contributed by atoms with Crippen molar-refractivity contribution in [3.63, 3.8) is 0 Å². The molecular weight excluding hydrogens is 354 g/mol. The summed E-state index contributed by atoms with van der Waals surface area (Å²) < 4.78 is 42.3. The molecule has 7 nitrogen and oxygen atoms in total. The molecule has 1 aromatic rings. The summed E-state index contributed by atoms with van der Waals surface area (Å²) in [5.74, 6) is 2.31. The number of hydrogen-bond acceptors (Lipinski definition) is 5. The van der Waals surface area contributed by atoms with E-state index in [1.807, 2.05) is 18.2 Å². The molecule has 0 amide bonds. The molecule has 1 aromatic carbocycles. The quantitative estimate of drug-likeness (QED) is 0.848. The van der Waals surface area contributed by atoms with Gasteiger partial charge in [0.15, 0.2) is 11.5 Å². The van der Waals surface area contributed by atoms with Crippen LogP contribution in [0.3, 0.4) is 0 Å².